The lowest BCUT2D eigenvalue weighted by Gasteiger charge is -2.40. The Bertz CT molecular complexity index is 1560. The smallest absolute Gasteiger partial charge is 0.313 e. The lowest BCUT2D eigenvalue weighted by Crippen LogP contribution is -2.59. The van der Waals surface area contributed by atoms with Gasteiger partial charge >= 0.3 is 5.97 Å². The first-order chi connectivity index (χ1) is 22.7. The highest BCUT2D eigenvalue weighted by atomic mass is 35.5. The highest BCUT2D eigenvalue weighted by Crippen LogP contribution is 2.56. The monoisotopic (exact) mass is 661 g/mol. The van der Waals surface area contributed by atoms with Gasteiger partial charge in [-0.1, -0.05) is 86.5 Å². The van der Waals surface area contributed by atoms with Crippen LogP contribution in [0.5, 0.6) is 0 Å². The number of carbonyl (C=O) groups excluding carboxylic acids is 4. The molecule has 47 heavy (non-hydrogen) atoms. The molecule has 0 saturated carbocycles. The number of amides is 3. The van der Waals surface area contributed by atoms with Crippen LogP contribution in [0.3, 0.4) is 0 Å². The maximum absolute atomic E-state index is 15.0. The minimum Gasteiger partial charge on any atom is -0.455 e. The van der Waals surface area contributed by atoms with Gasteiger partial charge in [0, 0.05) is 23.7 Å². The van der Waals surface area contributed by atoms with Crippen molar-refractivity contribution in [3.05, 3.63) is 89.5 Å². The lowest BCUT2D eigenvalue weighted by atomic mass is 9.74. The Morgan fingerprint density at radius 3 is 2.49 bits per heavy atom. The first-order valence-electron chi connectivity index (χ1n) is 16.2. The van der Waals surface area contributed by atoms with E-state index in [2.05, 4.69) is 5.32 Å². The number of likely N-dealkylation sites (tertiary alicyclic amines) is 1. The number of anilines is 1. The van der Waals surface area contributed by atoms with Gasteiger partial charge in [-0.3, -0.25) is 19.2 Å². The zero-order valence-corrected chi connectivity index (χ0v) is 27.2. The van der Waals surface area contributed by atoms with Gasteiger partial charge in [0.15, 0.2) is 0 Å². The Morgan fingerprint density at radius 2 is 1.79 bits per heavy atom. The van der Waals surface area contributed by atoms with Crippen LogP contribution in [0.4, 0.5) is 5.69 Å². The van der Waals surface area contributed by atoms with Crippen molar-refractivity contribution >= 4 is 41.0 Å². The van der Waals surface area contributed by atoms with Gasteiger partial charge in [0.05, 0.1) is 31.2 Å². The van der Waals surface area contributed by atoms with Crippen LogP contribution in [0, 0.1) is 17.8 Å². The number of hydrogen-bond donors (Lipinski definition) is 2. The van der Waals surface area contributed by atoms with Gasteiger partial charge in [-0.05, 0) is 42.2 Å². The number of aliphatic hydroxyl groups is 1. The Labute approximate surface area is 279 Å². The van der Waals surface area contributed by atoms with Crippen LogP contribution >= 0.6 is 11.6 Å². The minimum atomic E-state index is -1.46. The van der Waals surface area contributed by atoms with Crippen molar-refractivity contribution in [1.29, 1.82) is 0 Å². The summed E-state index contributed by atoms with van der Waals surface area (Å²) in [6, 6.07) is 14.1. The van der Waals surface area contributed by atoms with E-state index < -0.39 is 59.5 Å². The van der Waals surface area contributed by atoms with Gasteiger partial charge in [-0.2, -0.15) is 0 Å². The molecule has 0 aromatic heterocycles. The third-order valence-electron chi connectivity index (χ3n) is 9.97. The van der Waals surface area contributed by atoms with Crippen molar-refractivity contribution < 1.29 is 33.8 Å². The van der Waals surface area contributed by atoms with E-state index >= 15 is 0 Å². The number of rotatable bonds is 6. The molecule has 0 unspecified atom stereocenters. The summed E-state index contributed by atoms with van der Waals surface area (Å²) in [7, 11) is 0. The number of aliphatic hydroxyl groups excluding tert-OH is 1. The maximum Gasteiger partial charge on any atom is 0.313 e. The number of allylic oxidation sites excluding steroid dienone is 1. The lowest BCUT2D eigenvalue weighted by molar-refractivity contribution is -0.160. The van der Waals surface area contributed by atoms with Crippen molar-refractivity contribution in [3.8, 4) is 0 Å². The van der Waals surface area contributed by atoms with E-state index in [1.807, 2.05) is 56.3 Å². The number of cyclic esters (lactones) is 1. The Balaban J connectivity index is 1.47. The molecule has 248 valence electrons. The highest BCUT2D eigenvalue weighted by Gasteiger charge is 2.74. The summed E-state index contributed by atoms with van der Waals surface area (Å²) in [6.07, 6.45) is 6.79. The number of ether oxygens (including phenoxy) is 2. The van der Waals surface area contributed by atoms with Crippen LogP contribution in [0.15, 0.2) is 78.9 Å². The van der Waals surface area contributed by atoms with E-state index in [-0.39, 0.29) is 37.9 Å². The Morgan fingerprint density at radius 1 is 1.04 bits per heavy atom. The van der Waals surface area contributed by atoms with Crippen molar-refractivity contribution in [2.75, 3.05) is 24.6 Å². The summed E-state index contributed by atoms with van der Waals surface area (Å²) in [6.45, 7) is 3.71. The minimum absolute atomic E-state index is 0.0499. The zero-order chi connectivity index (χ0) is 33.3. The first kappa shape index (κ1) is 32.9. The van der Waals surface area contributed by atoms with Gasteiger partial charge in [-0.15, -0.1) is 0 Å². The van der Waals surface area contributed by atoms with Crippen LogP contribution < -0.4 is 10.2 Å². The number of nitrogens with zero attached hydrogens (tertiary/aromatic N) is 2. The second-order valence-electron chi connectivity index (χ2n) is 12.7. The molecule has 4 aliphatic rings. The fraction of sp³-hybridized carbons (Fsp3) is 0.444. The molecule has 8 atom stereocenters. The molecule has 6 rings (SSSR count). The van der Waals surface area contributed by atoms with Crippen LogP contribution in [0.2, 0.25) is 5.02 Å². The van der Waals surface area contributed by atoms with E-state index in [1.165, 1.54) is 4.90 Å². The van der Waals surface area contributed by atoms with Gasteiger partial charge in [0.1, 0.15) is 23.7 Å². The van der Waals surface area contributed by atoms with E-state index in [4.69, 9.17) is 21.1 Å². The quantitative estimate of drug-likeness (QED) is 0.354. The number of esters is 1. The largest absolute Gasteiger partial charge is 0.455 e. The molecule has 5 bridgehead atoms. The predicted octanol–water partition coefficient (Wildman–Crippen LogP) is 3.98. The Kier molecular flexibility index (Phi) is 9.55. The van der Waals surface area contributed by atoms with Crippen LogP contribution in [0.25, 0.3) is 0 Å². The average molecular weight is 662 g/mol. The van der Waals surface area contributed by atoms with E-state index in [9.17, 15) is 24.3 Å². The summed E-state index contributed by atoms with van der Waals surface area (Å²) in [5.74, 6) is -3.97. The zero-order valence-electron chi connectivity index (χ0n) is 26.5. The number of carbonyl (C=O) groups is 4. The standard InChI is InChI=1S/C36H40ClN3O7/c1-3-22(2)26(21-41)40-32-34(44)39(25-15-13-24(37)14-16-25)19-9-5-8-12-29(42)38-20-28(23-10-6-4-7-11-23)46-35(45)30-27-17-18-36(32,47-27)31(30)33(40)43/h4-7,9-11,13-18,22,26-28,30-32,41H,3,8,12,19-21H2,1-2H3,(H,38,42)/b9-5-/t22-,26-,27+,28+,30-,31-,32+,36-/m0/s1. The van der Waals surface area contributed by atoms with Crippen LogP contribution in [0.1, 0.15) is 44.8 Å². The van der Waals surface area contributed by atoms with Crippen molar-refractivity contribution in [1.82, 2.24) is 10.2 Å². The molecular formula is C36H40ClN3O7. The number of halogens is 1. The summed E-state index contributed by atoms with van der Waals surface area (Å²) in [5, 5.41) is 14.1. The molecule has 2 fully saturated rings. The number of benzene rings is 2. The normalized spacial score (nSPS) is 31.4. The molecule has 2 saturated heterocycles. The molecule has 4 aliphatic heterocycles. The first-order valence-corrected chi connectivity index (χ1v) is 16.6. The third-order valence-corrected chi connectivity index (χ3v) is 10.2. The van der Waals surface area contributed by atoms with Gasteiger partial charge in [-0.25, -0.2) is 0 Å². The molecule has 2 N–H and O–H groups in total. The summed E-state index contributed by atoms with van der Waals surface area (Å²) in [5.41, 5.74) is -0.215. The second-order valence-corrected chi connectivity index (χ2v) is 13.1. The second kappa shape index (κ2) is 13.6. The molecule has 0 radical (unpaired) electrons. The van der Waals surface area contributed by atoms with Crippen LogP contribution in [-0.2, 0) is 28.7 Å². The summed E-state index contributed by atoms with van der Waals surface area (Å²) >= 11 is 6.19. The number of nitrogens with one attached hydrogen (secondary N) is 1. The number of fused-ring (bicyclic) bond motifs is 2. The molecule has 2 aromatic rings. The number of hydrogen-bond acceptors (Lipinski definition) is 7. The average Bonchev–Trinajstić information content (AvgIpc) is 3.72. The summed E-state index contributed by atoms with van der Waals surface area (Å²) in [4.78, 5) is 59.6. The molecule has 3 amide bonds. The highest BCUT2D eigenvalue weighted by molar-refractivity contribution is 6.30. The van der Waals surface area contributed by atoms with Gasteiger partial charge in [0.25, 0.3) is 5.91 Å². The SMILES string of the molecule is CC[C@H](C)[C@H](CO)N1C(=O)[C@@H]2[C@H]3C(=O)O[C@@H](c4ccccc4)CNC(=O)CC/C=C\CN(c4ccc(Cl)cc4)C(=O)[C@@H]1[C@]21C=C[C@H]3O1. The fourth-order valence-electron chi connectivity index (χ4n) is 7.34. The topological polar surface area (TPSA) is 125 Å². The van der Waals surface area contributed by atoms with E-state index in [0.29, 0.717) is 29.1 Å². The molecule has 10 nitrogen and oxygen atoms in total. The third kappa shape index (κ3) is 5.98. The van der Waals surface area contributed by atoms with Crippen molar-refractivity contribution in [3.63, 3.8) is 0 Å². The van der Waals surface area contributed by atoms with Gasteiger partial charge in [0.2, 0.25) is 11.8 Å². The molecule has 1 spiro atoms. The molecule has 2 aromatic carbocycles. The van der Waals surface area contributed by atoms with Gasteiger partial charge < -0.3 is 29.7 Å². The van der Waals surface area contributed by atoms with E-state index in [0.717, 1.165) is 0 Å². The fourth-order valence-corrected chi connectivity index (χ4v) is 7.47. The molecule has 4 heterocycles. The van der Waals surface area contributed by atoms with Crippen LogP contribution in [-0.4, -0.2) is 77.2 Å². The van der Waals surface area contributed by atoms with Crippen molar-refractivity contribution in [2.45, 2.75) is 63.0 Å². The van der Waals surface area contributed by atoms with Crippen molar-refractivity contribution in [2.24, 2.45) is 17.8 Å². The Hall–Kier alpha value is -3.99. The molecule has 0 aliphatic carbocycles. The molecule has 11 heteroatoms. The summed E-state index contributed by atoms with van der Waals surface area (Å²) < 4.78 is 12.7. The molecular weight excluding hydrogens is 622 g/mol. The van der Waals surface area contributed by atoms with E-state index in [1.54, 1.807) is 41.3 Å². The maximum atomic E-state index is 15.0. The predicted molar refractivity (Wildman–Crippen MR) is 175 cm³/mol.